The number of esters is 2. The number of hydrogen-bond acceptors (Lipinski definition) is 5. The Bertz CT molecular complexity index is 803. The summed E-state index contributed by atoms with van der Waals surface area (Å²) in [6.45, 7) is 4.62. The number of rotatable bonds is 5. The van der Waals surface area contributed by atoms with Gasteiger partial charge in [0.05, 0.1) is 12.5 Å². The standard InChI is InChI=1S/C20H24N2O5/c1-3-26-19(24)14-8-10-22(11-9-14)18(23)13(2)27-20(25)17-12-15-6-4-5-7-16(15)21-17/h4-7,12-14,21H,3,8-11H2,1-2H3. The zero-order valence-corrected chi connectivity index (χ0v) is 15.6. The fourth-order valence-electron chi connectivity index (χ4n) is 3.31. The van der Waals surface area contributed by atoms with Crippen molar-refractivity contribution >= 4 is 28.7 Å². The van der Waals surface area contributed by atoms with E-state index >= 15 is 0 Å². The van der Waals surface area contributed by atoms with Crippen LogP contribution in [0.1, 0.15) is 37.2 Å². The van der Waals surface area contributed by atoms with Gasteiger partial charge in [0.2, 0.25) is 0 Å². The quantitative estimate of drug-likeness (QED) is 0.815. The molecule has 2 heterocycles. The molecule has 0 bridgehead atoms. The van der Waals surface area contributed by atoms with E-state index in [1.165, 1.54) is 0 Å². The number of H-pyrrole nitrogens is 1. The number of nitrogens with zero attached hydrogens (tertiary/aromatic N) is 1. The fourth-order valence-corrected chi connectivity index (χ4v) is 3.31. The van der Waals surface area contributed by atoms with E-state index < -0.39 is 12.1 Å². The summed E-state index contributed by atoms with van der Waals surface area (Å²) < 4.78 is 10.4. The third-order valence-electron chi connectivity index (χ3n) is 4.81. The molecule has 1 aromatic carbocycles. The minimum Gasteiger partial charge on any atom is -0.466 e. The lowest BCUT2D eigenvalue weighted by molar-refractivity contribution is -0.152. The topological polar surface area (TPSA) is 88.7 Å². The first-order valence-electron chi connectivity index (χ1n) is 9.23. The molecule has 1 aromatic heterocycles. The molecule has 1 saturated heterocycles. The van der Waals surface area contributed by atoms with E-state index in [9.17, 15) is 14.4 Å². The number of amides is 1. The van der Waals surface area contributed by atoms with Crippen LogP contribution in [-0.4, -0.2) is 53.5 Å². The molecule has 0 radical (unpaired) electrons. The number of para-hydroxylation sites is 1. The van der Waals surface area contributed by atoms with Gasteiger partial charge in [0.25, 0.3) is 5.91 Å². The zero-order chi connectivity index (χ0) is 19.4. The van der Waals surface area contributed by atoms with Crippen LogP contribution in [0.5, 0.6) is 0 Å². The second kappa shape index (κ2) is 8.24. The Kier molecular flexibility index (Phi) is 5.78. The lowest BCUT2D eigenvalue weighted by atomic mass is 9.97. The highest BCUT2D eigenvalue weighted by Crippen LogP contribution is 2.20. The van der Waals surface area contributed by atoms with E-state index in [2.05, 4.69) is 4.98 Å². The Morgan fingerprint density at radius 1 is 1.22 bits per heavy atom. The largest absolute Gasteiger partial charge is 0.466 e. The Morgan fingerprint density at radius 3 is 2.59 bits per heavy atom. The summed E-state index contributed by atoms with van der Waals surface area (Å²) in [6, 6.07) is 9.23. The van der Waals surface area contributed by atoms with Crippen molar-refractivity contribution < 1.29 is 23.9 Å². The summed E-state index contributed by atoms with van der Waals surface area (Å²) in [7, 11) is 0. The Balaban J connectivity index is 1.54. The summed E-state index contributed by atoms with van der Waals surface area (Å²) in [5.74, 6) is -1.18. The highest BCUT2D eigenvalue weighted by molar-refractivity contribution is 5.96. The Labute approximate surface area is 157 Å². The summed E-state index contributed by atoms with van der Waals surface area (Å²) in [5.41, 5.74) is 1.15. The Morgan fingerprint density at radius 2 is 1.93 bits per heavy atom. The van der Waals surface area contributed by atoms with E-state index in [1.54, 1.807) is 24.8 Å². The van der Waals surface area contributed by atoms with Crippen LogP contribution in [-0.2, 0) is 19.1 Å². The van der Waals surface area contributed by atoms with E-state index in [4.69, 9.17) is 9.47 Å². The number of piperidine rings is 1. The number of aromatic nitrogens is 1. The van der Waals surface area contributed by atoms with Crippen LogP contribution in [0.2, 0.25) is 0 Å². The van der Waals surface area contributed by atoms with Crippen LogP contribution in [0.15, 0.2) is 30.3 Å². The number of nitrogens with one attached hydrogen (secondary N) is 1. The number of benzene rings is 1. The molecule has 1 N–H and O–H groups in total. The third kappa shape index (κ3) is 4.30. The van der Waals surface area contributed by atoms with E-state index in [1.807, 2.05) is 24.3 Å². The van der Waals surface area contributed by atoms with Gasteiger partial charge in [-0.3, -0.25) is 9.59 Å². The molecule has 2 aromatic rings. The second-order valence-corrected chi connectivity index (χ2v) is 6.67. The van der Waals surface area contributed by atoms with Gasteiger partial charge in [0, 0.05) is 24.0 Å². The second-order valence-electron chi connectivity index (χ2n) is 6.67. The van der Waals surface area contributed by atoms with Crippen molar-refractivity contribution in [2.45, 2.75) is 32.8 Å². The predicted molar refractivity (Wildman–Crippen MR) is 99.1 cm³/mol. The van der Waals surface area contributed by atoms with Gasteiger partial charge >= 0.3 is 11.9 Å². The van der Waals surface area contributed by atoms with Crippen molar-refractivity contribution in [1.29, 1.82) is 0 Å². The van der Waals surface area contributed by atoms with Gasteiger partial charge < -0.3 is 19.4 Å². The first kappa shape index (κ1) is 18.9. The number of carbonyl (C=O) groups excluding carboxylic acids is 3. The number of likely N-dealkylation sites (tertiary alicyclic amines) is 1. The van der Waals surface area contributed by atoms with Gasteiger partial charge in [-0.05, 0) is 38.8 Å². The molecule has 1 atom stereocenters. The molecular weight excluding hydrogens is 348 g/mol. The maximum Gasteiger partial charge on any atom is 0.355 e. The molecule has 1 amide bonds. The molecule has 0 aliphatic carbocycles. The number of fused-ring (bicyclic) bond motifs is 1. The van der Waals surface area contributed by atoms with Gasteiger partial charge in [-0.15, -0.1) is 0 Å². The molecule has 1 aliphatic rings. The van der Waals surface area contributed by atoms with Crippen molar-refractivity contribution in [3.63, 3.8) is 0 Å². The van der Waals surface area contributed by atoms with Crippen molar-refractivity contribution in [2.75, 3.05) is 19.7 Å². The number of aromatic amines is 1. The van der Waals surface area contributed by atoms with Gasteiger partial charge in [-0.2, -0.15) is 0 Å². The maximum absolute atomic E-state index is 12.6. The summed E-state index contributed by atoms with van der Waals surface area (Å²) in [4.78, 5) is 41.3. The van der Waals surface area contributed by atoms with E-state index in [0.29, 0.717) is 38.2 Å². The summed E-state index contributed by atoms with van der Waals surface area (Å²) >= 11 is 0. The van der Waals surface area contributed by atoms with Crippen molar-refractivity contribution in [1.82, 2.24) is 9.88 Å². The predicted octanol–water partition coefficient (Wildman–Crippen LogP) is 2.51. The highest BCUT2D eigenvalue weighted by atomic mass is 16.5. The summed E-state index contributed by atoms with van der Waals surface area (Å²) in [5, 5.41) is 0.907. The van der Waals surface area contributed by atoms with E-state index in [-0.39, 0.29) is 17.8 Å². The van der Waals surface area contributed by atoms with Crippen molar-refractivity contribution in [3.8, 4) is 0 Å². The molecular formula is C20H24N2O5. The number of ether oxygens (including phenoxy) is 2. The third-order valence-corrected chi connectivity index (χ3v) is 4.81. The van der Waals surface area contributed by atoms with Gasteiger partial charge in [0.15, 0.2) is 6.10 Å². The maximum atomic E-state index is 12.6. The SMILES string of the molecule is CCOC(=O)C1CCN(C(=O)C(C)OC(=O)c2cc3ccccc3[nH]2)CC1. The number of carbonyl (C=O) groups is 3. The number of hydrogen-bond donors (Lipinski definition) is 1. The molecule has 1 fully saturated rings. The average Bonchev–Trinajstić information content (AvgIpc) is 3.12. The Hall–Kier alpha value is -2.83. The minimum absolute atomic E-state index is 0.168. The van der Waals surface area contributed by atoms with Gasteiger partial charge in [-0.1, -0.05) is 18.2 Å². The molecule has 1 unspecified atom stereocenters. The normalized spacial score (nSPS) is 16.1. The summed E-state index contributed by atoms with van der Waals surface area (Å²) in [6.07, 6.45) is 0.239. The molecule has 27 heavy (non-hydrogen) atoms. The van der Waals surface area contributed by atoms with Crippen LogP contribution in [0, 0.1) is 5.92 Å². The molecule has 0 saturated carbocycles. The molecule has 7 heteroatoms. The molecule has 0 spiro atoms. The fraction of sp³-hybridized carbons (Fsp3) is 0.450. The van der Waals surface area contributed by atoms with Gasteiger partial charge in [0.1, 0.15) is 5.69 Å². The molecule has 7 nitrogen and oxygen atoms in total. The monoisotopic (exact) mass is 372 g/mol. The molecule has 3 rings (SSSR count). The van der Waals surface area contributed by atoms with Crippen molar-refractivity contribution in [3.05, 3.63) is 36.0 Å². The van der Waals surface area contributed by atoms with Crippen LogP contribution < -0.4 is 0 Å². The van der Waals surface area contributed by atoms with Gasteiger partial charge in [-0.25, -0.2) is 4.79 Å². The first-order chi connectivity index (χ1) is 13.0. The first-order valence-corrected chi connectivity index (χ1v) is 9.23. The average molecular weight is 372 g/mol. The zero-order valence-electron chi connectivity index (χ0n) is 15.6. The van der Waals surface area contributed by atoms with Crippen molar-refractivity contribution in [2.24, 2.45) is 5.92 Å². The van der Waals surface area contributed by atoms with Crippen LogP contribution in [0.4, 0.5) is 0 Å². The van der Waals surface area contributed by atoms with Crippen LogP contribution in [0.3, 0.4) is 0 Å². The lowest BCUT2D eigenvalue weighted by Crippen LogP contribution is -2.45. The lowest BCUT2D eigenvalue weighted by Gasteiger charge is -2.32. The minimum atomic E-state index is -0.886. The smallest absolute Gasteiger partial charge is 0.355 e. The van der Waals surface area contributed by atoms with Crippen LogP contribution in [0.25, 0.3) is 10.9 Å². The van der Waals surface area contributed by atoms with E-state index in [0.717, 1.165) is 10.9 Å². The van der Waals surface area contributed by atoms with Crippen LogP contribution >= 0.6 is 0 Å². The highest BCUT2D eigenvalue weighted by Gasteiger charge is 2.31. The molecule has 144 valence electrons. The molecule has 1 aliphatic heterocycles.